The number of hydrogen-bond acceptors (Lipinski definition) is 7. The lowest BCUT2D eigenvalue weighted by Crippen LogP contribution is -2.36. The molecule has 7 nitrogen and oxygen atoms in total. The zero-order valence-corrected chi connectivity index (χ0v) is 20.6. The van der Waals surface area contributed by atoms with Gasteiger partial charge in [-0.15, -0.1) is 10.2 Å². The monoisotopic (exact) mass is 473 g/mol. The first kappa shape index (κ1) is 23.7. The van der Waals surface area contributed by atoms with Crippen molar-refractivity contribution in [3.05, 3.63) is 59.2 Å². The van der Waals surface area contributed by atoms with E-state index in [2.05, 4.69) is 37.0 Å². The average molecular weight is 474 g/mol. The number of aromatic nitrogens is 3. The van der Waals surface area contributed by atoms with Gasteiger partial charge in [0.2, 0.25) is 23.2 Å². The molecule has 0 saturated heterocycles. The summed E-state index contributed by atoms with van der Waals surface area (Å²) in [7, 11) is 0. The maximum Gasteiger partial charge on any atom is 0.247 e. The highest BCUT2D eigenvalue weighted by atomic mass is 32.2. The number of fused-ring (bicyclic) bond motifs is 3. The Morgan fingerprint density at radius 3 is 2.62 bits per heavy atom. The summed E-state index contributed by atoms with van der Waals surface area (Å²) in [6.07, 6.45) is 1.12. The van der Waals surface area contributed by atoms with Crippen LogP contribution in [0, 0.1) is 17.2 Å². The highest BCUT2D eigenvalue weighted by molar-refractivity contribution is 7.99. The van der Waals surface area contributed by atoms with E-state index in [0.717, 1.165) is 35.3 Å². The molecule has 1 aliphatic rings. The predicted molar refractivity (Wildman–Crippen MR) is 133 cm³/mol. The fourth-order valence-electron chi connectivity index (χ4n) is 3.76. The van der Waals surface area contributed by atoms with Crippen LogP contribution in [0.1, 0.15) is 57.0 Å². The normalized spacial score (nSPS) is 14.6. The number of aryl methyl sites for hydroxylation is 1. The molecule has 1 atom stereocenters. The minimum absolute atomic E-state index is 0.174. The van der Waals surface area contributed by atoms with Crippen LogP contribution >= 0.6 is 11.8 Å². The summed E-state index contributed by atoms with van der Waals surface area (Å²) in [6.45, 7) is 7.96. The van der Waals surface area contributed by atoms with Gasteiger partial charge in [0.25, 0.3) is 0 Å². The van der Waals surface area contributed by atoms with E-state index in [-0.39, 0.29) is 5.91 Å². The van der Waals surface area contributed by atoms with Gasteiger partial charge in [0.1, 0.15) is 0 Å². The minimum atomic E-state index is -0.761. The number of nitriles is 1. The lowest BCUT2D eigenvalue weighted by Gasteiger charge is -2.30. The van der Waals surface area contributed by atoms with Crippen LogP contribution in [0.3, 0.4) is 0 Å². The van der Waals surface area contributed by atoms with Gasteiger partial charge in [-0.3, -0.25) is 9.69 Å². The third-order valence-corrected chi connectivity index (χ3v) is 6.54. The van der Waals surface area contributed by atoms with Crippen LogP contribution in [0.25, 0.3) is 11.3 Å². The summed E-state index contributed by atoms with van der Waals surface area (Å²) < 4.78 is 6.41. The fraction of sp³-hybridized carbons (Fsp3) is 0.346. The Morgan fingerprint density at radius 2 is 1.97 bits per heavy atom. The summed E-state index contributed by atoms with van der Waals surface area (Å²) in [6, 6.07) is 15.1. The topological polar surface area (TPSA) is 92.0 Å². The van der Waals surface area contributed by atoms with Crippen molar-refractivity contribution in [1.29, 1.82) is 5.26 Å². The average Bonchev–Trinajstić information content (AvgIpc) is 2.97. The zero-order chi connectivity index (χ0) is 24.2. The quantitative estimate of drug-likeness (QED) is 0.433. The van der Waals surface area contributed by atoms with Crippen molar-refractivity contribution >= 4 is 23.4 Å². The molecule has 0 N–H and O–H groups in total. The molecule has 0 spiro atoms. The van der Waals surface area contributed by atoms with Crippen LogP contribution in [0.15, 0.2) is 47.6 Å². The second-order valence-corrected chi connectivity index (χ2v) is 9.64. The van der Waals surface area contributed by atoms with Crippen molar-refractivity contribution in [2.24, 2.45) is 5.92 Å². The van der Waals surface area contributed by atoms with Crippen LogP contribution in [0.4, 0.5) is 5.69 Å². The molecule has 1 unspecified atom stereocenters. The van der Waals surface area contributed by atoms with E-state index in [1.165, 1.54) is 6.92 Å². The Kier molecular flexibility index (Phi) is 7.13. The van der Waals surface area contributed by atoms with Gasteiger partial charge in [-0.05, 0) is 48.6 Å². The Balaban J connectivity index is 1.85. The highest BCUT2D eigenvalue weighted by Gasteiger charge is 2.34. The number of nitrogens with zero attached hydrogens (tertiary/aromatic N) is 5. The summed E-state index contributed by atoms with van der Waals surface area (Å²) in [4.78, 5) is 19.3. The van der Waals surface area contributed by atoms with Gasteiger partial charge in [0, 0.05) is 23.8 Å². The van der Waals surface area contributed by atoms with E-state index in [9.17, 15) is 10.1 Å². The molecular weight excluding hydrogens is 446 g/mol. The van der Waals surface area contributed by atoms with Crippen molar-refractivity contribution in [1.82, 2.24) is 15.2 Å². The van der Waals surface area contributed by atoms with Crippen molar-refractivity contribution in [2.45, 2.75) is 51.9 Å². The first-order valence-corrected chi connectivity index (χ1v) is 12.4. The predicted octanol–water partition coefficient (Wildman–Crippen LogP) is 5.55. The molecule has 1 aliphatic heterocycles. The second kappa shape index (κ2) is 10.2. The van der Waals surface area contributed by atoms with E-state index in [1.54, 1.807) is 40.9 Å². The Labute approximate surface area is 204 Å². The fourth-order valence-corrected chi connectivity index (χ4v) is 4.78. The summed E-state index contributed by atoms with van der Waals surface area (Å²) >= 11 is 1.55. The number of carbonyl (C=O) groups excluding carboxylic acids is 1. The van der Waals surface area contributed by atoms with Gasteiger partial charge in [0.15, 0.2) is 5.69 Å². The van der Waals surface area contributed by atoms with Gasteiger partial charge in [0.05, 0.1) is 17.3 Å². The zero-order valence-electron chi connectivity index (χ0n) is 19.8. The molecule has 2 heterocycles. The number of amides is 1. The molecule has 8 heteroatoms. The number of rotatable bonds is 6. The van der Waals surface area contributed by atoms with Crippen molar-refractivity contribution in [3.63, 3.8) is 0 Å². The van der Waals surface area contributed by atoms with Crippen molar-refractivity contribution in [3.8, 4) is 23.2 Å². The third-order valence-electron chi connectivity index (χ3n) is 5.67. The molecule has 0 radical (unpaired) electrons. The van der Waals surface area contributed by atoms with Crippen LogP contribution in [-0.4, -0.2) is 26.8 Å². The molecule has 0 aliphatic carbocycles. The van der Waals surface area contributed by atoms with Crippen molar-refractivity contribution < 1.29 is 9.53 Å². The number of benzene rings is 2. The number of hydrogen-bond donors (Lipinski definition) is 0. The van der Waals surface area contributed by atoms with Crippen molar-refractivity contribution in [2.75, 3.05) is 10.7 Å². The summed E-state index contributed by atoms with van der Waals surface area (Å²) in [5, 5.41) is 18.6. The van der Waals surface area contributed by atoms with Crippen LogP contribution in [0.5, 0.6) is 5.88 Å². The molecule has 0 bridgehead atoms. The van der Waals surface area contributed by atoms with E-state index in [0.29, 0.717) is 33.9 Å². The number of carbonyl (C=O) groups is 1. The highest BCUT2D eigenvalue weighted by Crippen LogP contribution is 2.44. The first-order chi connectivity index (χ1) is 16.4. The lowest BCUT2D eigenvalue weighted by molar-refractivity contribution is -0.118. The maximum absolute atomic E-state index is 12.9. The van der Waals surface area contributed by atoms with Crippen LogP contribution < -0.4 is 9.64 Å². The Morgan fingerprint density at radius 1 is 1.21 bits per heavy atom. The van der Waals surface area contributed by atoms with E-state index >= 15 is 0 Å². The number of ether oxygens (including phenoxy) is 1. The van der Waals surface area contributed by atoms with E-state index in [4.69, 9.17) is 9.72 Å². The Hall–Kier alpha value is -3.44. The second-order valence-electron chi connectivity index (χ2n) is 8.58. The van der Waals surface area contributed by atoms with Gasteiger partial charge >= 0.3 is 0 Å². The largest absolute Gasteiger partial charge is 0.447 e. The van der Waals surface area contributed by atoms with E-state index in [1.807, 2.05) is 18.2 Å². The van der Waals surface area contributed by atoms with Crippen LogP contribution in [0.2, 0.25) is 0 Å². The Bertz CT molecular complexity index is 1240. The number of thioether (sulfide) groups is 1. The SMILES string of the molecule is CCc1ccc2c(c1)-c1nnc(SCCC(C)C)nc1OC(c1ccc(C#N)cc1)N2C(C)=O. The van der Waals surface area contributed by atoms with Gasteiger partial charge in [-0.25, -0.2) is 0 Å². The summed E-state index contributed by atoms with van der Waals surface area (Å²) in [5.74, 6) is 1.64. The van der Waals surface area contributed by atoms with Gasteiger partial charge < -0.3 is 4.74 Å². The molecule has 0 fully saturated rings. The first-order valence-electron chi connectivity index (χ1n) is 11.4. The summed E-state index contributed by atoms with van der Waals surface area (Å²) in [5.41, 5.74) is 4.35. The third kappa shape index (κ3) is 4.90. The molecule has 3 aromatic rings. The lowest BCUT2D eigenvalue weighted by atomic mass is 10.0. The molecule has 0 saturated carbocycles. The minimum Gasteiger partial charge on any atom is -0.447 e. The smallest absolute Gasteiger partial charge is 0.247 e. The molecule has 1 amide bonds. The van der Waals surface area contributed by atoms with Gasteiger partial charge in [-0.1, -0.05) is 50.7 Å². The molecular formula is C26H27N5O2S. The number of anilines is 1. The van der Waals surface area contributed by atoms with E-state index < -0.39 is 6.23 Å². The van der Waals surface area contributed by atoms with Gasteiger partial charge in [-0.2, -0.15) is 10.2 Å². The molecule has 2 aromatic carbocycles. The maximum atomic E-state index is 12.9. The standard InChI is InChI=1S/C26H27N5O2S/c1-5-18-8-11-22-21(14-18)23-24(28-26(30-29-23)34-13-12-16(2)3)33-25(31(22)17(4)32)20-9-6-19(15-27)7-10-20/h6-11,14,16,25H,5,12-13H2,1-4H3. The molecule has 1 aromatic heterocycles. The molecule has 34 heavy (non-hydrogen) atoms. The molecule has 174 valence electrons. The molecule has 4 rings (SSSR count). The van der Waals surface area contributed by atoms with Crippen LogP contribution in [-0.2, 0) is 11.2 Å².